The molecule has 3 aromatic rings. The van der Waals surface area contributed by atoms with Crippen LogP contribution < -0.4 is 4.74 Å². The quantitative estimate of drug-likeness (QED) is 0.468. The van der Waals surface area contributed by atoms with Crippen LogP contribution in [0.2, 0.25) is 0 Å². The molecule has 4 heteroatoms. The number of benzene rings is 2. The molecule has 1 aliphatic rings. The molecule has 0 aliphatic heterocycles. The molecule has 0 amide bonds. The average Bonchev–Trinajstić information content (AvgIpc) is 3.09. The summed E-state index contributed by atoms with van der Waals surface area (Å²) in [5.41, 5.74) is 3.47. The van der Waals surface area contributed by atoms with E-state index >= 15 is 0 Å². The van der Waals surface area contributed by atoms with Gasteiger partial charge in [-0.05, 0) is 48.2 Å². The van der Waals surface area contributed by atoms with Gasteiger partial charge in [-0.2, -0.15) is 0 Å². The number of hydrogen-bond donors (Lipinski definition) is 0. The van der Waals surface area contributed by atoms with Crippen LogP contribution in [0.5, 0.6) is 5.75 Å². The Balaban J connectivity index is 0.00000225. The molecule has 0 radical (unpaired) electrons. The number of halogens is 1. The fraction of sp³-hybridized carbons (Fsp3) is 0.375. The Morgan fingerprint density at radius 2 is 1.75 bits per heavy atom. The molecule has 1 fully saturated rings. The van der Waals surface area contributed by atoms with E-state index in [4.69, 9.17) is 9.72 Å². The molecule has 1 aromatic heterocycles. The number of ether oxygens (including phenoxy) is 1. The summed E-state index contributed by atoms with van der Waals surface area (Å²) in [5, 5.41) is 0. The van der Waals surface area contributed by atoms with Gasteiger partial charge in [-0.25, -0.2) is 4.98 Å². The Morgan fingerprint density at radius 3 is 2.50 bits per heavy atom. The van der Waals surface area contributed by atoms with Gasteiger partial charge in [-0.1, -0.05) is 62.4 Å². The van der Waals surface area contributed by atoms with Crippen molar-refractivity contribution >= 4 is 35.6 Å². The predicted molar refractivity (Wildman–Crippen MR) is 120 cm³/mol. The van der Waals surface area contributed by atoms with Gasteiger partial charge in [0.1, 0.15) is 11.6 Å². The van der Waals surface area contributed by atoms with E-state index in [-0.39, 0.29) is 12.4 Å². The topological polar surface area (TPSA) is 27.1 Å². The zero-order valence-electron chi connectivity index (χ0n) is 16.5. The summed E-state index contributed by atoms with van der Waals surface area (Å²) in [5.74, 6) is 2.80. The van der Waals surface area contributed by atoms with E-state index in [2.05, 4.69) is 53.1 Å². The standard InChI is InChI=1S/C24H28N2O.ClH/c1-27-21-14-11-20(12-15-21)13-16-24-25-22-9-5-6-10-23(22)26(24)18-17-19-7-3-2-4-8-19;/h5-6,9-16,19H,2-4,7-8,17-18H2,1H3;1H. The summed E-state index contributed by atoms with van der Waals surface area (Å²) < 4.78 is 7.63. The number of para-hydroxylation sites is 2. The van der Waals surface area contributed by atoms with Crippen molar-refractivity contribution in [2.75, 3.05) is 7.11 Å². The van der Waals surface area contributed by atoms with Gasteiger partial charge in [0, 0.05) is 6.54 Å². The number of hydrogen-bond acceptors (Lipinski definition) is 2. The number of aryl methyl sites for hydroxylation is 1. The van der Waals surface area contributed by atoms with Crippen molar-refractivity contribution in [3.63, 3.8) is 0 Å². The Kier molecular flexibility index (Phi) is 7.16. The molecule has 0 bridgehead atoms. The van der Waals surface area contributed by atoms with Crippen molar-refractivity contribution in [2.24, 2.45) is 5.92 Å². The molecule has 28 heavy (non-hydrogen) atoms. The number of aromatic nitrogens is 2. The van der Waals surface area contributed by atoms with Crippen LogP contribution in [0.4, 0.5) is 0 Å². The molecule has 4 rings (SSSR count). The third kappa shape index (κ3) is 4.77. The first kappa shape index (κ1) is 20.5. The molecule has 0 unspecified atom stereocenters. The molecule has 0 spiro atoms. The highest BCUT2D eigenvalue weighted by molar-refractivity contribution is 5.85. The molecular weight excluding hydrogens is 368 g/mol. The average molecular weight is 397 g/mol. The van der Waals surface area contributed by atoms with Crippen molar-refractivity contribution in [3.05, 3.63) is 59.9 Å². The second kappa shape index (κ2) is 9.79. The van der Waals surface area contributed by atoms with Gasteiger partial charge in [-0.3, -0.25) is 0 Å². The summed E-state index contributed by atoms with van der Waals surface area (Å²) in [6.45, 7) is 1.05. The van der Waals surface area contributed by atoms with E-state index in [0.29, 0.717) is 0 Å². The number of nitrogens with zero attached hydrogens (tertiary/aromatic N) is 2. The first-order chi connectivity index (χ1) is 13.3. The first-order valence-corrected chi connectivity index (χ1v) is 10.1. The lowest BCUT2D eigenvalue weighted by Crippen LogP contribution is -2.11. The maximum absolute atomic E-state index is 5.24. The minimum absolute atomic E-state index is 0. The summed E-state index contributed by atoms with van der Waals surface area (Å²) >= 11 is 0. The minimum atomic E-state index is 0. The first-order valence-electron chi connectivity index (χ1n) is 10.1. The van der Waals surface area contributed by atoms with Crippen molar-refractivity contribution in [1.82, 2.24) is 9.55 Å². The second-order valence-corrected chi connectivity index (χ2v) is 7.51. The smallest absolute Gasteiger partial charge is 0.133 e. The van der Waals surface area contributed by atoms with Crippen LogP contribution >= 0.6 is 12.4 Å². The third-order valence-corrected chi connectivity index (χ3v) is 5.71. The third-order valence-electron chi connectivity index (χ3n) is 5.71. The van der Waals surface area contributed by atoms with E-state index in [1.807, 2.05) is 12.1 Å². The van der Waals surface area contributed by atoms with Crippen molar-refractivity contribution < 1.29 is 4.74 Å². The Bertz CT molecular complexity index is 908. The maximum Gasteiger partial charge on any atom is 0.133 e. The Hall–Kier alpha value is -2.26. The van der Waals surface area contributed by atoms with Gasteiger partial charge >= 0.3 is 0 Å². The summed E-state index contributed by atoms with van der Waals surface area (Å²) in [4.78, 5) is 4.88. The van der Waals surface area contributed by atoms with E-state index in [9.17, 15) is 0 Å². The monoisotopic (exact) mass is 396 g/mol. The van der Waals surface area contributed by atoms with Crippen LogP contribution in [0, 0.1) is 5.92 Å². The second-order valence-electron chi connectivity index (χ2n) is 7.51. The van der Waals surface area contributed by atoms with Crippen LogP contribution in [0.3, 0.4) is 0 Å². The van der Waals surface area contributed by atoms with Gasteiger partial charge in [-0.15, -0.1) is 12.4 Å². The zero-order chi connectivity index (χ0) is 18.5. The van der Waals surface area contributed by atoms with E-state index in [1.165, 1.54) is 44.0 Å². The van der Waals surface area contributed by atoms with Crippen molar-refractivity contribution in [2.45, 2.75) is 45.1 Å². The van der Waals surface area contributed by atoms with Gasteiger partial charge in [0.25, 0.3) is 0 Å². The molecule has 0 atom stereocenters. The molecule has 0 N–H and O–H groups in total. The van der Waals surface area contributed by atoms with Crippen LogP contribution in [0.15, 0.2) is 48.5 Å². The van der Waals surface area contributed by atoms with Gasteiger partial charge in [0.2, 0.25) is 0 Å². The highest BCUT2D eigenvalue weighted by atomic mass is 35.5. The molecule has 3 nitrogen and oxygen atoms in total. The molecule has 1 aliphatic carbocycles. The number of imidazole rings is 1. The molecule has 0 saturated heterocycles. The highest BCUT2D eigenvalue weighted by Crippen LogP contribution is 2.28. The van der Waals surface area contributed by atoms with Crippen LogP contribution in [-0.2, 0) is 6.54 Å². The largest absolute Gasteiger partial charge is 0.497 e. The van der Waals surface area contributed by atoms with Crippen LogP contribution in [0.1, 0.15) is 49.9 Å². The summed E-state index contributed by atoms with van der Waals surface area (Å²) in [6, 6.07) is 16.6. The SMILES string of the molecule is COc1ccc(C=Cc2nc3ccccc3n2CCC2CCCCC2)cc1.Cl. The van der Waals surface area contributed by atoms with Gasteiger partial charge in [0.05, 0.1) is 18.1 Å². The molecule has 148 valence electrons. The fourth-order valence-electron chi connectivity index (χ4n) is 4.13. The molecule has 2 aromatic carbocycles. The lowest BCUT2D eigenvalue weighted by atomic mass is 9.87. The fourth-order valence-corrected chi connectivity index (χ4v) is 4.13. The Morgan fingerprint density at radius 1 is 1.00 bits per heavy atom. The Labute approximate surface area is 173 Å². The normalized spacial score (nSPS) is 15.0. The zero-order valence-corrected chi connectivity index (χ0v) is 17.3. The number of fused-ring (bicyclic) bond motifs is 1. The molecule has 1 saturated carbocycles. The summed E-state index contributed by atoms with van der Waals surface area (Å²) in [7, 11) is 1.69. The molecular formula is C24H29ClN2O. The minimum Gasteiger partial charge on any atom is -0.497 e. The summed E-state index contributed by atoms with van der Waals surface area (Å²) in [6.07, 6.45) is 12.5. The van der Waals surface area contributed by atoms with Gasteiger partial charge < -0.3 is 9.30 Å². The van der Waals surface area contributed by atoms with E-state index < -0.39 is 0 Å². The maximum atomic E-state index is 5.24. The predicted octanol–water partition coefficient (Wildman–Crippen LogP) is 6.61. The van der Waals surface area contributed by atoms with Crippen LogP contribution in [-0.4, -0.2) is 16.7 Å². The number of methoxy groups -OCH3 is 1. The van der Waals surface area contributed by atoms with E-state index in [1.54, 1.807) is 7.11 Å². The van der Waals surface area contributed by atoms with E-state index in [0.717, 1.165) is 35.1 Å². The van der Waals surface area contributed by atoms with Crippen molar-refractivity contribution in [1.29, 1.82) is 0 Å². The molecule has 1 heterocycles. The van der Waals surface area contributed by atoms with Gasteiger partial charge in [0.15, 0.2) is 0 Å². The number of rotatable bonds is 6. The lowest BCUT2D eigenvalue weighted by molar-refractivity contribution is 0.325. The lowest BCUT2D eigenvalue weighted by Gasteiger charge is -2.22. The highest BCUT2D eigenvalue weighted by Gasteiger charge is 2.15. The van der Waals surface area contributed by atoms with Crippen molar-refractivity contribution in [3.8, 4) is 5.75 Å². The van der Waals surface area contributed by atoms with Crippen LogP contribution in [0.25, 0.3) is 23.2 Å².